The van der Waals surface area contributed by atoms with Gasteiger partial charge < -0.3 is 5.32 Å². The van der Waals surface area contributed by atoms with Crippen molar-refractivity contribution in [3.05, 3.63) is 16.5 Å². The van der Waals surface area contributed by atoms with Gasteiger partial charge in [0.25, 0.3) is 0 Å². The van der Waals surface area contributed by atoms with E-state index >= 15 is 0 Å². The molecule has 0 fully saturated rings. The van der Waals surface area contributed by atoms with Crippen LogP contribution in [0.25, 0.3) is 0 Å². The van der Waals surface area contributed by atoms with Gasteiger partial charge in [-0.3, -0.25) is 0 Å². The van der Waals surface area contributed by atoms with Gasteiger partial charge in [0, 0.05) is 12.6 Å². The first kappa shape index (κ1) is 11.4. The first-order valence-corrected chi connectivity index (χ1v) is 5.62. The summed E-state index contributed by atoms with van der Waals surface area (Å²) in [6.07, 6.45) is 1.15. The Labute approximate surface area is 93.5 Å². The Morgan fingerprint density at radius 3 is 2.71 bits per heavy atom. The quantitative estimate of drug-likeness (QED) is 0.843. The molecule has 0 saturated carbocycles. The fourth-order valence-electron chi connectivity index (χ4n) is 1.11. The van der Waals surface area contributed by atoms with Gasteiger partial charge in [-0.25, -0.2) is 9.97 Å². The zero-order chi connectivity index (χ0) is 10.6. The van der Waals surface area contributed by atoms with Crippen molar-refractivity contribution in [2.75, 3.05) is 11.9 Å². The molecule has 0 aliphatic rings. The molecule has 0 atom stereocenters. The van der Waals surface area contributed by atoms with E-state index in [4.69, 9.17) is 0 Å². The molecule has 0 unspecified atom stereocenters. The predicted octanol–water partition coefficient (Wildman–Crippen LogP) is 3.01. The van der Waals surface area contributed by atoms with E-state index in [2.05, 4.69) is 45.1 Å². The van der Waals surface area contributed by atoms with Crippen molar-refractivity contribution in [3.63, 3.8) is 0 Å². The minimum atomic E-state index is 0.717. The van der Waals surface area contributed by atoms with E-state index in [1.54, 1.807) is 0 Å². The molecule has 1 aromatic rings. The number of nitrogens with zero attached hydrogens (tertiary/aromatic N) is 2. The molecule has 4 heteroatoms. The van der Waals surface area contributed by atoms with Gasteiger partial charge in [0.15, 0.2) is 0 Å². The summed E-state index contributed by atoms with van der Waals surface area (Å²) in [4.78, 5) is 8.42. The average Bonchev–Trinajstić information content (AvgIpc) is 2.01. The highest BCUT2D eigenvalue weighted by Gasteiger charge is 1.99. The smallest absolute Gasteiger partial charge is 0.130 e. The van der Waals surface area contributed by atoms with E-state index < -0.39 is 0 Å². The summed E-state index contributed by atoms with van der Waals surface area (Å²) in [5, 5.41) is 3.28. The monoisotopic (exact) mass is 257 g/mol. The molecule has 0 aliphatic carbocycles. The molecule has 14 heavy (non-hydrogen) atoms. The van der Waals surface area contributed by atoms with Gasteiger partial charge in [-0.05, 0) is 35.2 Å². The second-order valence-electron chi connectivity index (χ2n) is 3.73. The van der Waals surface area contributed by atoms with Crippen molar-refractivity contribution < 1.29 is 0 Å². The molecule has 1 aromatic heterocycles. The van der Waals surface area contributed by atoms with Crippen LogP contribution in [0.5, 0.6) is 0 Å². The van der Waals surface area contributed by atoms with Gasteiger partial charge in [-0.1, -0.05) is 13.8 Å². The summed E-state index contributed by atoms with van der Waals surface area (Å²) in [6, 6.07) is 1.90. The molecule has 78 valence electrons. The van der Waals surface area contributed by atoms with Crippen molar-refractivity contribution in [1.29, 1.82) is 0 Å². The van der Waals surface area contributed by atoms with Gasteiger partial charge in [-0.15, -0.1) is 0 Å². The lowest BCUT2D eigenvalue weighted by molar-refractivity contribution is 0.606. The number of hydrogen-bond acceptors (Lipinski definition) is 3. The maximum Gasteiger partial charge on any atom is 0.130 e. The van der Waals surface area contributed by atoms with Crippen LogP contribution in [0.15, 0.2) is 10.7 Å². The number of halogens is 1. The highest BCUT2D eigenvalue weighted by molar-refractivity contribution is 9.10. The molecule has 0 saturated heterocycles. The fraction of sp³-hybridized carbons (Fsp3) is 0.600. The minimum Gasteiger partial charge on any atom is -0.370 e. The highest BCUT2D eigenvalue weighted by atomic mass is 79.9. The molecule has 0 amide bonds. The van der Waals surface area contributed by atoms with Gasteiger partial charge in [0.2, 0.25) is 0 Å². The van der Waals surface area contributed by atoms with Crippen LogP contribution in [0, 0.1) is 12.8 Å². The highest BCUT2D eigenvalue weighted by Crippen LogP contribution is 2.12. The maximum absolute atomic E-state index is 4.28. The molecule has 3 nitrogen and oxygen atoms in total. The van der Waals surface area contributed by atoms with Crippen LogP contribution < -0.4 is 5.32 Å². The molecule has 0 aliphatic heterocycles. The number of anilines is 1. The summed E-state index contributed by atoms with van der Waals surface area (Å²) in [5.74, 6) is 2.39. The van der Waals surface area contributed by atoms with Crippen LogP contribution in [0.2, 0.25) is 0 Å². The second kappa shape index (κ2) is 5.29. The Morgan fingerprint density at radius 2 is 2.14 bits per heavy atom. The normalized spacial score (nSPS) is 10.6. The summed E-state index contributed by atoms with van der Waals surface area (Å²) in [6.45, 7) is 7.27. The van der Waals surface area contributed by atoms with Crippen molar-refractivity contribution in [1.82, 2.24) is 9.97 Å². The Bertz CT molecular complexity index is 279. The molecule has 1 heterocycles. The number of aromatic nitrogens is 2. The van der Waals surface area contributed by atoms with Crippen molar-refractivity contribution >= 4 is 21.7 Å². The molecule has 1 N–H and O–H groups in total. The lowest BCUT2D eigenvalue weighted by Gasteiger charge is -2.08. The average molecular weight is 258 g/mol. The van der Waals surface area contributed by atoms with Crippen LogP contribution in [-0.2, 0) is 0 Å². The van der Waals surface area contributed by atoms with Crippen LogP contribution in [0.3, 0.4) is 0 Å². The zero-order valence-electron chi connectivity index (χ0n) is 8.84. The van der Waals surface area contributed by atoms with Crippen LogP contribution in [0.1, 0.15) is 26.1 Å². The van der Waals surface area contributed by atoms with Crippen molar-refractivity contribution in [2.24, 2.45) is 5.92 Å². The van der Waals surface area contributed by atoms with E-state index in [0.29, 0.717) is 5.92 Å². The summed E-state index contributed by atoms with van der Waals surface area (Å²) in [5.41, 5.74) is 0. The summed E-state index contributed by atoms with van der Waals surface area (Å²) in [7, 11) is 0. The maximum atomic E-state index is 4.28. The van der Waals surface area contributed by atoms with E-state index in [0.717, 1.165) is 29.2 Å². The van der Waals surface area contributed by atoms with E-state index in [-0.39, 0.29) is 0 Å². The van der Waals surface area contributed by atoms with E-state index in [1.165, 1.54) is 0 Å². The lowest BCUT2D eigenvalue weighted by atomic mass is 10.1. The first-order valence-electron chi connectivity index (χ1n) is 4.83. The second-order valence-corrected chi connectivity index (χ2v) is 4.54. The first-order chi connectivity index (χ1) is 6.58. The fourth-order valence-corrected chi connectivity index (χ4v) is 1.58. The molecule has 1 rings (SSSR count). The van der Waals surface area contributed by atoms with Gasteiger partial charge in [0.05, 0.1) is 0 Å². The molecule has 0 aromatic carbocycles. The van der Waals surface area contributed by atoms with Gasteiger partial charge in [-0.2, -0.15) is 0 Å². The Morgan fingerprint density at radius 1 is 1.43 bits per heavy atom. The van der Waals surface area contributed by atoms with Gasteiger partial charge >= 0.3 is 0 Å². The minimum absolute atomic E-state index is 0.717. The van der Waals surface area contributed by atoms with E-state index in [9.17, 15) is 0 Å². The van der Waals surface area contributed by atoms with Crippen LogP contribution in [0.4, 0.5) is 5.82 Å². The Kier molecular flexibility index (Phi) is 4.32. The third-order valence-electron chi connectivity index (χ3n) is 1.83. The number of rotatable bonds is 4. The Balaban J connectivity index is 2.50. The summed E-state index contributed by atoms with van der Waals surface area (Å²) < 4.78 is 0.831. The third kappa shape index (κ3) is 4.05. The predicted molar refractivity (Wildman–Crippen MR) is 62.4 cm³/mol. The van der Waals surface area contributed by atoms with Crippen molar-refractivity contribution in [3.8, 4) is 0 Å². The molecule has 0 bridgehead atoms. The number of nitrogens with one attached hydrogen (secondary N) is 1. The third-order valence-corrected chi connectivity index (χ3v) is 2.24. The Hall–Kier alpha value is -0.640. The summed E-state index contributed by atoms with van der Waals surface area (Å²) >= 11 is 3.34. The largest absolute Gasteiger partial charge is 0.370 e. The standard InChI is InChI=1S/C10H16BrN3/c1-7(2)4-5-12-10-6-9(11)13-8(3)14-10/h6-7H,4-5H2,1-3H3,(H,12,13,14). The van der Waals surface area contributed by atoms with Gasteiger partial charge in [0.1, 0.15) is 16.2 Å². The molecule has 0 spiro atoms. The SMILES string of the molecule is Cc1nc(Br)cc(NCCC(C)C)n1. The zero-order valence-corrected chi connectivity index (χ0v) is 10.4. The van der Waals surface area contributed by atoms with E-state index in [1.807, 2.05) is 13.0 Å². The molecular formula is C10H16BrN3. The number of aryl methyl sites for hydroxylation is 1. The van der Waals surface area contributed by atoms with Crippen LogP contribution in [-0.4, -0.2) is 16.5 Å². The molecular weight excluding hydrogens is 242 g/mol. The van der Waals surface area contributed by atoms with Crippen molar-refractivity contribution in [2.45, 2.75) is 27.2 Å². The lowest BCUT2D eigenvalue weighted by Crippen LogP contribution is -2.07. The molecule has 0 radical (unpaired) electrons. The topological polar surface area (TPSA) is 37.8 Å². The van der Waals surface area contributed by atoms with Crippen LogP contribution >= 0.6 is 15.9 Å². The number of hydrogen-bond donors (Lipinski definition) is 1.